The minimum Gasteiger partial charge on any atom is -0.496 e. The molecule has 0 aromatic heterocycles. The third-order valence-corrected chi connectivity index (χ3v) is 3.04. The first-order valence-corrected chi connectivity index (χ1v) is 6.92. The molecule has 16 heavy (non-hydrogen) atoms. The largest absolute Gasteiger partial charge is 0.496 e. The SMILES string of the molecule is COc1ccc(C(C)O)cc1CS(C)(=O)=O. The van der Waals surface area contributed by atoms with Crippen LogP contribution in [0.2, 0.25) is 0 Å². The van der Waals surface area contributed by atoms with E-state index in [0.717, 1.165) is 0 Å². The normalized spacial score (nSPS) is 13.5. The Labute approximate surface area is 95.8 Å². The predicted octanol–water partition coefficient (Wildman–Crippen LogP) is 1.29. The molecule has 1 aromatic rings. The zero-order valence-electron chi connectivity index (χ0n) is 9.60. The van der Waals surface area contributed by atoms with Crippen molar-refractivity contribution in [2.24, 2.45) is 0 Å². The van der Waals surface area contributed by atoms with Crippen LogP contribution >= 0.6 is 0 Å². The second-order valence-electron chi connectivity index (χ2n) is 3.82. The Balaban J connectivity index is 3.17. The van der Waals surface area contributed by atoms with Crippen LogP contribution in [0.5, 0.6) is 5.75 Å². The van der Waals surface area contributed by atoms with Crippen LogP contribution < -0.4 is 4.74 Å². The van der Waals surface area contributed by atoms with Gasteiger partial charge in [-0.1, -0.05) is 6.07 Å². The fourth-order valence-electron chi connectivity index (χ4n) is 1.45. The zero-order chi connectivity index (χ0) is 12.3. The number of hydrogen-bond donors (Lipinski definition) is 1. The van der Waals surface area contributed by atoms with Gasteiger partial charge >= 0.3 is 0 Å². The lowest BCUT2D eigenvalue weighted by Crippen LogP contribution is -2.04. The van der Waals surface area contributed by atoms with Crippen molar-refractivity contribution in [1.29, 1.82) is 0 Å². The number of aliphatic hydroxyl groups is 1. The Morgan fingerprint density at radius 3 is 2.50 bits per heavy atom. The van der Waals surface area contributed by atoms with Gasteiger partial charge in [0.1, 0.15) is 5.75 Å². The summed E-state index contributed by atoms with van der Waals surface area (Å²) in [5.41, 5.74) is 1.25. The molecule has 0 bridgehead atoms. The van der Waals surface area contributed by atoms with Gasteiger partial charge in [0.05, 0.1) is 19.0 Å². The Morgan fingerprint density at radius 2 is 2.06 bits per heavy atom. The number of hydrogen-bond acceptors (Lipinski definition) is 4. The van der Waals surface area contributed by atoms with Crippen molar-refractivity contribution in [2.75, 3.05) is 13.4 Å². The Kier molecular flexibility index (Phi) is 3.93. The molecule has 0 heterocycles. The molecule has 0 aliphatic rings. The van der Waals surface area contributed by atoms with Gasteiger partial charge in [-0.15, -0.1) is 0 Å². The summed E-state index contributed by atoms with van der Waals surface area (Å²) < 4.78 is 27.5. The maximum Gasteiger partial charge on any atom is 0.151 e. The van der Waals surface area contributed by atoms with Gasteiger partial charge in [0, 0.05) is 11.8 Å². The van der Waals surface area contributed by atoms with Crippen LogP contribution in [-0.4, -0.2) is 26.9 Å². The fourth-order valence-corrected chi connectivity index (χ4v) is 2.24. The number of aliphatic hydroxyl groups excluding tert-OH is 1. The molecule has 0 saturated carbocycles. The van der Waals surface area contributed by atoms with Gasteiger partial charge in [0.15, 0.2) is 9.84 Å². The van der Waals surface area contributed by atoms with E-state index < -0.39 is 15.9 Å². The van der Waals surface area contributed by atoms with Crippen LogP contribution in [0.25, 0.3) is 0 Å². The topological polar surface area (TPSA) is 63.6 Å². The molecule has 0 aliphatic carbocycles. The minimum atomic E-state index is -3.11. The Hall–Kier alpha value is -1.07. The van der Waals surface area contributed by atoms with Crippen molar-refractivity contribution in [2.45, 2.75) is 18.8 Å². The molecule has 1 aromatic carbocycles. The summed E-state index contributed by atoms with van der Waals surface area (Å²) in [6.45, 7) is 1.63. The summed E-state index contributed by atoms with van der Waals surface area (Å²) in [7, 11) is -1.62. The molecular weight excluding hydrogens is 228 g/mol. The molecule has 0 saturated heterocycles. The maximum absolute atomic E-state index is 11.2. The standard InChI is InChI=1S/C11H16O4S/c1-8(12)9-4-5-11(15-2)10(6-9)7-16(3,13)14/h4-6,8,12H,7H2,1-3H3. The molecule has 1 rings (SSSR count). The van der Waals surface area contributed by atoms with E-state index in [1.165, 1.54) is 13.4 Å². The third-order valence-electron chi connectivity index (χ3n) is 2.20. The fraction of sp³-hybridized carbons (Fsp3) is 0.455. The quantitative estimate of drug-likeness (QED) is 0.867. The van der Waals surface area contributed by atoms with Gasteiger partial charge in [-0.05, 0) is 24.6 Å². The first-order chi connectivity index (χ1) is 7.33. The third kappa shape index (κ3) is 3.50. The molecule has 0 amide bonds. The number of rotatable bonds is 4. The van der Waals surface area contributed by atoms with Crippen molar-refractivity contribution >= 4 is 9.84 Å². The highest BCUT2D eigenvalue weighted by molar-refractivity contribution is 7.89. The van der Waals surface area contributed by atoms with Crippen molar-refractivity contribution in [3.05, 3.63) is 29.3 Å². The highest BCUT2D eigenvalue weighted by Gasteiger charge is 2.12. The van der Waals surface area contributed by atoms with Gasteiger partial charge in [-0.2, -0.15) is 0 Å². The maximum atomic E-state index is 11.2. The van der Waals surface area contributed by atoms with Crippen LogP contribution in [0.15, 0.2) is 18.2 Å². The van der Waals surface area contributed by atoms with E-state index in [4.69, 9.17) is 4.74 Å². The van der Waals surface area contributed by atoms with Crippen molar-refractivity contribution in [3.63, 3.8) is 0 Å². The van der Waals surface area contributed by atoms with Crippen LogP contribution in [-0.2, 0) is 15.6 Å². The van der Waals surface area contributed by atoms with E-state index in [0.29, 0.717) is 16.9 Å². The van der Waals surface area contributed by atoms with Crippen molar-refractivity contribution in [1.82, 2.24) is 0 Å². The van der Waals surface area contributed by atoms with Gasteiger partial charge in [0.2, 0.25) is 0 Å². The first-order valence-electron chi connectivity index (χ1n) is 4.86. The second kappa shape index (κ2) is 4.84. The molecule has 0 radical (unpaired) electrons. The van der Waals surface area contributed by atoms with Gasteiger partial charge in [-0.3, -0.25) is 0 Å². The molecule has 90 valence electrons. The lowest BCUT2D eigenvalue weighted by molar-refractivity contribution is 0.199. The number of benzene rings is 1. The Morgan fingerprint density at radius 1 is 1.44 bits per heavy atom. The average molecular weight is 244 g/mol. The van der Waals surface area contributed by atoms with Crippen LogP contribution in [0.1, 0.15) is 24.2 Å². The summed E-state index contributed by atoms with van der Waals surface area (Å²) in [6.07, 6.45) is 0.547. The predicted molar refractivity (Wildman–Crippen MR) is 62.2 cm³/mol. The zero-order valence-corrected chi connectivity index (χ0v) is 10.4. The number of ether oxygens (including phenoxy) is 1. The number of sulfone groups is 1. The summed E-state index contributed by atoms with van der Waals surface area (Å²) in [5.74, 6) is 0.436. The molecule has 1 unspecified atom stereocenters. The first kappa shape index (κ1) is 13.0. The van der Waals surface area contributed by atoms with Crippen molar-refractivity contribution < 1.29 is 18.3 Å². The molecular formula is C11H16O4S. The van der Waals surface area contributed by atoms with E-state index in [1.54, 1.807) is 25.1 Å². The van der Waals surface area contributed by atoms with Crippen LogP contribution in [0.4, 0.5) is 0 Å². The van der Waals surface area contributed by atoms with Crippen LogP contribution in [0, 0.1) is 0 Å². The monoisotopic (exact) mass is 244 g/mol. The van der Waals surface area contributed by atoms with Crippen LogP contribution in [0.3, 0.4) is 0 Å². The van der Waals surface area contributed by atoms with Crippen molar-refractivity contribution in [3.8, 4) is 5.75 Å². The van der Waals surface area contributed by atoms with E-state index in [2.05, 4.69) is 0 Å². The number of methoxy groups -OCH3 is 1. The van der Waals surface area contributed by atoms with E-state index in [-0.39, 0.29) is 5.75 Å². The van der Waals surface area contributed by atoms with Gasteiger partial charge < -0.3 is 9.84 Å². The second-order valence-corrected chi connectivity index (χ2v) is 5.96. The lowest BCUT2D eigenvalue weighted by atomic mass is 10.1. The van der Waals surface area contributed by atoms with Gasteiger partial charge in [0.25, 0.3) is 0 Å². The highest BCUT2D eigenvalue weighted by Crippen LogP contribution is 2.24. The van der Waals surface area contributed by atoms with E-state index >= 15 is 0 Å². The summed E-state index contributed by atoms with van der Waals surface area (Å²) in [6, 6.07) is 5.04. The summed E-state index contributed by atoms with van der Waals surface area (Å²) in [5, 5.41) is 9.42. The van der Waals surface area contributed by atoms with Gasteiger partial charge in [-0.25, -0.2) is 8.42 Å². The molecule has 4 nitrogen and oxygen atoms in total. The Bertz CT molecular complexity index is 463. The molecule has 0 spiro atoms. The lowest BCUT2D eigenvalue weighted by Gasteiger charge is -2.11. The summed E-state index contributed by atoms with van der Waals surface area (Å²) >= 11 is 0. The van der Waals surface area contributed by atoms with E-state index in [9.17, 15) is 13.5 Å². The average Bonchev–Trinajstić information content (AvgIpc) is 2.15. The summed E-state index contributed by atoms with van der Waals surface area (Å²) in [4.78, 5) is 0. The molecule has 0 aliphatic heterocycles. The highest BCUT2D eigenvalue weighted by atomic mass is 32.2. The molecule has 5 heteroatoms. The molecule has 0 fully saturated rings. The van der Waals surface area contributed by atoms with E-state index in [1.807, 2.05) is 0 Å². The minimum absolute atomic E-state index is 0.0866. The smallest absolute Gasteiger partial charge is 0.151 e. The molecule has 1 atom stereocenters. The molecule has 1 N–H and O–H groups in total.